The fraction of sp³-hybridized carbons (Fsp3) is 0.929. The van der Waals surface area contributed by atoms with Crippen molar-refractivity contribution in [2.75, 3.05) is 19.6 Å². The van der Waals surface area contributed by atoms with Crippen LogP contribution < -0.4 is 5.73 Å². The smallest absolute Gasteiger partial charge is 0.222 e. The number of likely N-dealkylation sites (tertiary alicyclic amines) is 1. The van der Waals surface area contributed by atoms with E-state index in [2.05, 4.69) is 27.7 Å². The lowest BCUT2D eigenvalue weighted by Gasteiger charge is -2.27. The molecule has 17 heavy (non-hydrogen) atoms. The molecule has 3 heteroatoms. The Hall–Kier alpha value is -0.570. The number of rotatable bonds is 4. The van der Waals surface area contributed by atoms with Gasteiger partial charge in [0, 0.05) is 19.5 Å². The summed E-state index contributed by atoms with van der Waals surface area (Å²) in [7, 11) is 0. The van der Waals surface area contributed by atoms with Crippen LogP contribution in [0.1, 0.15) is 47.0 Å². The largest absolute Gasteiger partial charge is 0.342 e. The Morgan fingerprint density at radius 1 is 1.47 bits per heavy atom. The average Bonchev–Trinajstić information content (AvgIpc) is 2.74. The summed E-state index contributed by atoms with van der Waals surface area (Å²) >= 11 is 0. The Kier molecular flexibility index (Phi) is 4.99. The molecule has 1 fully saturated rings. The van der Waals surface area contributed by atoms with Gasteiger partial charge in [-0.15, -0.1) is 0 Å². The Morgan fingerprint density at radius 3 is 2.59 bits per heavy atom. The molecule has 1 heterocycles. The van der Waals surface area contributed by atoms with E-state index in [-0.39, 0.29) is 0 Å². The van der Waals surface area contributed by atoms with Crippen LogP contribution in [0, 0.1) is 17.3 Å². The normalized spacial score (nSPS) is 22.9. The monoisotopic (exact) mass is 240 g/mol. The number of hydrogen-bond donors (Lipinski definition) is 1. The molecule has 2 unspecified atom stereocenters. The minimum atomic E-state index is 0.317. The molecule has 1 aliphatic rings. The van der Waals surface area contributed by atoms with E-state index >= 15 is 0 Å². The highest BCUT2D eigenvalue weighted by Crippen LogP contribution is 2.33. The fourth-order valence-corrected chi connectivity index (χ4v) is 2.34. The van der Waals surface area contributed by atoms with Crippen molar-refractivity contribution in [2.24, 2.45) is 23.0 Å². The van der Waals surface area contributed by atoms with Crippen LogP contribution >= 0.6 is 0 Å². The fourth-order valence-electron chi connectivity index (χ4n) is 2.34. The van der Waals surface area contributed by atoms with Crippen LogP contribution in [-0.4, -0.2) is 30.4 Å². The molecule has 0 aromatic carbocycles. The van der Waals surface area contributed by atoms with E-state index in [9.17, 15) is 4.79 Å². The molecule has 1 amide bonds. The van der Waals surface area contributed by atoms with Gasteiger partial charge in [0.05, 0.1) is 0 Å². The Bertz CT molecular complexity index is 257. The molecule has 2 atom stereocenters. The van der Waals surface area contributed by atoms with E-state index in [1.807, 2.05) is 4.90 Å². The second-order valence-corrected chi connectivity index (χ2v) is 6.57. The first kappa shape index (κ1) is 14.5. The lowest BCUT2D eigenvalue weighted by Crippen LogP contribution is -2.31. The lowest BCUT2D eigenvalue weighted by atomic mass is 9.80. The van der Waals surface area contributed by atoms with Gasteiger partial charge in [-0.05, 0) is 36.6 Å². The zero-order valence-electron chi connectivity index (χ0n) is 11.8. The molecule has 0 bridgehead atoms. The summed E-state index contributed by atoms with van der Waals surface area (Å²) in [5.74, 6) is 1.43. The lowest BCUT2D eigenvalue weighted by molar-refractivity contribution is -0.130. The zero-order chi connectivity index (χ0) is 13.1. The Labute approximate surface area is 106 Å². The third-order valence-electron chi connectivity index (χ3n) is 4.02. The maximum atomic E-state index is 12.0. The van der Waals surface area contributed by atoms with E-state index in [1.165, 1.54) is 0 Å². The molecular formula is C14H28N2O. The van der Waals surface area contributed by atoms with Crippen molar-refractivity contribution in [1.29, 1.82) is 0 Å². The highest BCUT2D eigenvalue weighted by molar-refractivity contribution is 5.76. The van der Waals surface area contributed by atoms with Crippen LogP contribution in [-0.2, 0) is 4.79 Å². The van der Waals surface area contributed by atoms with Gasteiger partial charge in [-0.25, -0.2) is 0 Å². The number of amides is 1. The van der Waals surface area contributed by atoms with Crippen molar-refractivity contribution < 1.29 is 4.79 Å². The molecule has 0 saturated carbocycles. The summed E-state index contributed by atoms with van der Waals surface area (Å²) < 4.78 is 0. The van der Waals surface area contributed by atoms with E-state index in [4.69, 9.17) is 5.73 Å². The number of carbonyl (C=O) groups is 1. The van der Waals surface area contributed by atoms with E-state index < -0.39 is 0 Å². The minimum absolute atomic E-state index is 0.317. The third-order valence-corrected chi connectivity index (χ3v) is 4.02. The van der Waals surface area contributed by atoms with Gasteiger partial charge in [-0.2, -0.15) is 0 Å². The first-order valence-corrected chi connectivity index (χ1v) is 6.82. The van der Waals surface area contributed by atoms with E-state index in [1.54, 1.807) is 0 Å². The van der Waals surface area contributed by atoms with Gasteiger partial charge >= 0.3 is 0 Å². The summed E-state index contributed by atoms with van der Waals surface area (Å²) in [4.78, 5) is 14.1. The molecule has 1 aliphatic heterocycles. The van der Waals surface area contributed by atoms with Crippen LogP contribution in [0.5, 0.6) is 0 Å². The van der Waals surface area contributed by atoms with Crippen molar-refractivity contribution in [2.45, 2.75) is 47.0 Å². The SMILES string of the molecule is CC(CN)CCC(=O)N1CCC(C(C)(C)C)C1. The average molecular weight is 240 g/mol. The van der Waals surface area contributed by atoms with Crippen molar-refractivity contribution >= 4 is 5.91 Å². The first-order valence-electron chi connectivity index (χ1n) is 6.82. The quantitative estimate of drug-likeness (QED) is 0.819. The second kappa shape index (κ2) is 5.85. The van der Waals surface area contributed by atoms with E-state index in [0.29, 0.717) is 36.1 Å². The number of nitrogens with zero attached hydrogens (tertiary/aromatic N) is 1. The maximum absolute atomic E-state index is 12.0. The third kappa shape index (κ3) is 4.30. The predicted molar refractivity (Wildman–Crippen MR) is 71.6 cm³/mol. The number of nitrogens with two attached hydrogens (primary N) is 1. The molecule has 0 aliphatic carbocycles. The maximum Gasteiger partial charge on any atom is 0.222 e. The van der Waals surface area contributed by atoms with Crippen LogP contribution in [0.25, 0.3) is 0 Å². The summed E-state index contributed by atoms with van der Waals surface area (Å²) in [6, 6.07) is 0. The molecule has 3 nitrogen and oxygen atoms in total. The van der Waals surface area contributed by atoms with Gasteiger partial charge in [-0.1, -0.05) is 27.7 Å². The number of hydrogen-bond acceptors (Lipinski definition) is 2. The van der Waals surface area contributed by atoms with Crippen molar-refractivity contribution in [3.8, 4) is 0 Å². The molecule has 1 saturated heterocycles. The van der Waals surface area contributed by atoms with Gasteiger partial charge in [-0.3, -0.25) is 4.79 Å². The Morgan fingerprint density at radius 2 is 2.12 bits per heavy atom. The van der Waals surface area contributed by atoms with Gasteiger partial charge in [0.2, 0.25) is 5.91 Å². The Balaban J connectivity index is 2.36. The molecule has 0 aromatic rings. The van der Waals surface area contributed by atoms with Crippen LogP contribution in [0.15, 0.2) is 0 Å². The molecule has 0 spiro atoms. The topological polar surface area (TPSA) is 46.3 Å². The summed E-state index contributed by atoms with van der Waals surface area (Å²) in [6.07, 6.45) is 2.74. The second-order valence-electron chi connectivity index (χ2n) is 6.57. The minimum Gasteiger partial charge on any atom is -0.342 e. The van der Waals surface area contributed by atoms with Gasteiger partial charge in [0.15, 0.2) is 0 Å². The van der Waals surface area contributed by atoms with Gasteiger partial charge in [0.1, 0.15) is 0 Å². The van der Waals surface area contributed by atoms with Crippen molar-refractivity contribution in [1.82, 2.24) is 4.90 Å². The highest BCUT2D eigenvalue weighted by Gasteiger charge is 2.33. The molecule has 1 rings (SSSR count). The molecule has 0 aromatic heterocycles. The van der Waals surface area contributed by atoms with Gasteiger partial charge in [0.25, 0.3) is 0 Å². The zero-order valence-corrected chi connectivity index (χ0v) is 11.8. The molecule has 100 valence electrons. The van der Waals surface area contributed by atoms with E-state index in [0.717, 1.165) is 25.9 Å². The number of carbonyl (C=O) groups excluding carboxylic acids is 1. The van der Waals surface area contributed by atoms with Crippen molar-refractivity contribution in [3.05, 3.63) is 0 Å². The standard InChI is InChI=1S/C14H28N2O/c1-11(9-15)5-6-13(17)16-8-7-12(10-16)14(2,3)4/h11-12H,5-10,15H2,1-4H3. The van der Waals surface area contributed by atoms with Crippen molar-refractivity contribution in [3.63, 3.8) is 0 Å². The molecule has 2 N–H and O–H groups in total. The van der Waals surface area contributed by atoms with Crippen LogP contribution in [0.3, 0.4) is 0 Å². The van der Waals surface area contributed by atoms with Crippen LogP contribution in [0.4, 0.5) is 0 Å². The molecule has 0 radical (unpaired) electrons. The molecular weight excluding hydrogens is 212 g/mol. The summed E-state index contributed by atoms with van der Waals surface area (Å²) in [6.45, 7) is 11.5. The van der Waals surface area contributed by atoms with Gasteiger partial charge < -0.3 is 10.6 Å². The highest BCUT2D eigenvalue weighted by atomic mass is 16.2. The first-order chi connectivity index (χ1) is 7.84. The van der Waals surface area contributed by atoms with Crippen LogP contribution in [0.2, 0.25) is 0 Å². The summed E-state index contributed by atoms with van der Waals surface area (Å²) in [5, 5.41) is 0. The predicted octanol–water partition coefficient (Wildman–Crippen LogP) is 2.26. The summed E-state index contributed by atoms with van der Waals surface area (Å²) in [5.41, 5.74) is 5.88.